The SMILES string of the molecule is Cc1ccc(Nc2nnc(SCc3cc(C)on3)s2)cc1. The Labute approximate surface area is 130 Å². The Morgan fingerprint density at radius 1 is 1.19 bits per heavy atom. The molecule has 1 N–H and O–H groups in total. The molecule has 0 bridgehead atoms. The summed E-state index contributed by atoms with van der Waals surface area (Å²) < 4.78 is 5.95. The minimum absolute atomic E-state index is 0.733. The van der Waals surface area contributed by atoms with Crippen molar-refractivity contribution in [1.82, 2.24) is 15.4 Å². The van der Waals surface area contributed by atoms with Crippen molar-refractivity contribution in [2.75, 3.05) is 5.32 Å². The molecule has 0 atom stereocenters. The standard InChI is InChI=1S/C14H14N4OS2/c1-9-3-5-11(6-4-9)15-13-16-17-14(21-13)20-8-12-7-10(2)19-18-12/h3-7H,8H2,1-2H3,(H,15,16). The maximum absolute atomic E-state index is 5.04. The fourth-order valence-corrected chi connectivity index (χ4v) is 3.35. The van der Waals surface area contributed by atoms with E-state index in [4.69, 9.17) is 4.52 Å². The molecule has 21 heavy (non-hydrogen) atoms. The van der Waals surface area contributed by atoms with E-state index in [-0.39, 0.29) is 0 Å². The highest BCUT2D eigenvalue weighted by molar-refractivity contribution is 8.00. The van der Waals surface area contributed by atoms with Crippen molar-refractivity contribution >= 4 is 33.9 Å². The van der Waals surface area contributed by atoms with E-state index in [1.165, 1.54) is 16.9 Å². The second kappa shape index (κ2) is 6.28. The molecule has 3 aromatic rings. The lowest BCUT2D eigenvalue weighted by Crippen LogP contribution is -1.88. The van der Waals surface area contributed by atoms with Crippen molar-refractivity contribution < 1.29 is 4.52 Å². The number of thioether (sulfide) groups is 1. The molecule has 5 nitrogen and oxygen atoms in total. The second-order valence-electron chi connectivity index (χ2n) is 4.58. The zero-order valence-electron chi connectivity index (χ0n) is 11.7. The molecule has 0 saturated carbocycles. The summed E-state index contributed by atoms with van der Waals surface area (Å²) in [6, 6.07) is 10.1. The van der Waals surface area contributed by atoms with Crippen LogP contribution in [0.5, 0.6) is 0 Å². The summed E-state index contributed by atoms with van der Waals surface area (Å²) >= 11 is 3.13. The van der Waals surface area contributed by atoms with Crippen molar-refractivity contribution in [1.29, 1.82) is 0 Å². The molecule has 108 valence electrons. The number of nitrogens with zero attached hydrogens (tertiary/aromatic N) is 3. The molecular formula is C14H14N4OS2. The monoisotopic (exact) mass is 318 g/mol. The van der Waals surface area contributed by atoms with Crippen molar-refractivity contribution in [2.24, 2.45) is 0 Å². The Bertz CT molecular complexity index is 721. The van der Waals surface area contributed by atoms with Gasteiger partial charge in [0.15, 0.2) is 4.34 Å². The van der Waals surface area contributed by atoms with E-state index in [2.05, 4.69) is 39.7 Å². The van der Waals surface area contributed by atoms with E-state index in [1.54, 1.807) is 11.8 Å². The van der Waals surface area contributed by atoms with Gasteiger partial charge >= 0.3 is 0 Å². The first-order valence-corrected chi connectivity index (χ1v) is 8.21. The van der Waals surface area contributed by atoms with Gasteiger partial charge in [0.2, 0.25) is 5.13 Å². The maximum atomic E-state index is 5.04. The molecule has 2 aromatic heterocycles. The lowest BCUT2D eigenvalue weighted by molar-refractivity contribution is 0.393. The predicted octanol–water partition coefficient (Wildman–Crippen LogP) is 4.18. The Morgan fingerprint density at radius 3 is 2.71 bits per heavy atom. The van der Waals surface area contributed by atoms with E-state index in [1.807, 2.05) is 25.1 Å². The van der Waals surface area contributed by atoms with E-state index < -0.39 is 0 Å². The van der Waals surface area contributed by atoms with Crippen LogP contribution in [0.25, 0.3) is 0 Å². The van der Waals surface area contributed by atoms with Gasteiger partial charge in [-0.2, -0.15) is 0 Å². The van der Waals surface area contributed by atoms with Crippen LogP contribution < -0.4 is 5.32 Å². The van der Waals surface area contributed by atoms with Crippen molar-refractivity contribution in [3.63, 3.8) is 0 Å². The quantitative estimate of drug-likeness (QED) is 0.712. The molecule has 2 heterocycles. The molecule has 0 radical (unpaired) electrons. The molecule has 0 unspecified atom stereocenters. The van der Waals surface area contributed by atoms with Gasteiger partial charge in [-0.05, 0) is 26.0 Å². The van der Waals surface area contributed by atoms with Crippen LogP contribution in [-0.2, 0) is 5.75 Å². The molecule has 0 spiro atoms. The van der Waals surface area contributed by atoms with Crippen molar-refractivity contribution in [3.8, 4) is 0 Å². The molecule has 3 rings (SSSR count). The van der Waals surface area contributed by atoms with E-state index in [0.29, 0.717) is 0 Å². The predicted molar refractivity (Wildman–Crippen MR) is 85.2 cm³/mol. The highest BCUT2D eigenvalue weighted by Gasteiger charge is 2.07. The average molecular weight is 318 g/mol. The van der Waals surface area contributed by atoms with Crippen LogP contribution in [-0.4, -0.2) is 15.4 Å². The number of benzene rings is 1. The molecule has 0 aliphatic rings. The van der Waals surface area contributed by atoms with Crippen LogP contribution >= 0.6 is 23.1 Å². The summed E-state index contributed by atoms with van der Waals surface area (Å²) in [6.45, 7) is 3.95. The van der Waals surface area contributed by atoms with Gasteiger partial charge < -0.3 is 9.84 Å². The second-order valence-corrected chi connectivity index (χ2v) is 6.78. The minimum atomic E-state index is 0.733. The van der Waals surface area contributed by atoms with Gasteiger partial charge in [-0.25, -0.2) is 0 Å². The fraction of sp³-hybridized carbons (Fsp3) is 0.214. The number of hydrogen-bond acceptors (Lipinski definition) is 7. The number of anilines is 2. The smallest absolute Gasteiger partial charge is 0.210 e. The van der Waals surface area contributed by atoms with Crippen LogP contribution in [0.1, 0.15) is 17.0 Å². The Kier molecular flexibility index (Phi) is 4.21. The topological polar surface area (TPSA) is 63.8 Å². The Morgan fingerprint density at radius 2 is 2.00 bits per heavy atom. The first-order valence-electron chi connectivity index (χ1n) is 6.41. The Hall–Kier alpha value is -1.86. The van der Waals surface area contributed by atoms with Crippen LogP contribution in [0.2, 0.25) is 0 Å². The van der Waals surface area contributed by atoms with Gasteiger partial charge in [0.05, 0.1) is 5.69 Å². The summed E-state index contributed by atoms with van der Waals surface area (Å²) in [5.41, 5.74) is 3.16. The van der Waals surface area contributed by atoms with Gasteiger partial charge in [-0.15, -0.1) is 10.2 Å². The first-order chi connectivity index (χ1) is 10.2. The summed E-state index contributed by atoms with van der Waals surface area (Å²) in [6.07, 6.45) is 0. The zero-order chi connectivity index (χ0) is 14.7. The molecule has 1 aromatic carbocycles. The highest BCUT2D eigenvalue weighted by Crippen LogP contribution is 2.29. The Balaban J connectivity index is 1.59. The maximum Gasteiger partial charge on any atom is 0.210 e. The molecule has 0 aliphatic heterocycles. The number of aromatic nitrogens is 3. The molecule has 0 aliphatic carbocycles. The van der Waals surface area contributed by atoms with Crippen LogP contribution in [0.4, 0.5) is 10.8 Å². The number of aryl methyl sites for hydroxylation is 2. The summed E-state index contributed by atoms with van der Waals surface area (Å²) in [7, 11) is 0. The fourth-order valence-electron chi connectivity index (χ4n) is 1.70. The first kappa shape index (κ1) is 14.1. The van der Waals surface area contributed by atoms with Gasteiger partial charge in [0.1, 0.15) is 5.76 Å². The zero-order valence-corrected chi connectivity index (χ0v) is 13.3. The molecule has 0 fully saturated rings. The van der Waals surface area contributed by atoms with Crippen LogP contribution in [0.3, 0.4) is 0 Å². The van der Waals surface area contributed by atoms with Gasteiger partial charge in [0.25, 0.3) is 0 Å². The summed E-state index contributed by atoms with van der Waals surface area (Å²) in [5, 5.41) is 16.3. The average Bonchev–Trinajstić information content (AvgIpc) is 3.08. The van der Waals surface area contributed by atoms with Gasteiger partial charge in [-0.3, -0.25) is 0 Å². The third kappa shape index (κ3) is 3.83. The third-order valence-corrected chi connectivity index (χ3v) is 4.74. The lowest BCUT2D eigenvalue weighted by Gasteiger charge is -2.01. The largest absolute Gasteiger partial charge is 0.361 e. The molecule has 7 heteroatoms. The number of rotatable bonds is 5. The van der Waals surface area contributed by atoms with Crippen LogP contribution in [0, 0.1) is 13.8 Å². The minimum Gasteiger partial charge on any atom is -0.361 e. The number of nitrogens with one attached hydrogen (secondary N) is 1. The normalized spacial score (nSPS) is 10.8. The third-order valence-electron chi connectivity index (χ3n) is 2.73. The number of hydrogen-bond donors (Lipinski definition) is 1. The van der Waals surface area contributed by atoms with Gasteiger partial charge in [0, 0.05) is 17.5 Å². The van der Waals surface area contributed by atoms with E-state index in [0.717, 1.165) is 32.4 Å². The molecular weight excluding hydrogens is 304 g/mol. The molecule has 0 saturated heterocycles. The van der Waals surface area contributed by atoms with Crippen molar-refractivity contribution in [2.45, 2.75) is 23.9 Å². The highest BCUT2D eigenvalue weighted by atomic mass is 32.2. The van der Waals surface area contributed by atoms with Gasteiger partial charge in [-0.1, -0.05) is 46.0 Å². The molecule has 0 amide bonds. The summed E-state index contributed by atoms with van der Waals surface area (Å²) in [5.74, 6) is 1.56. The lowest BCUT2D eigenvalue weighted by atomic mass is 10.2. The van der Waals surface area contributed by atoms with E-state index in [9.17, 15) is 0 Å². The van der Waals surface area contributed by atoms with Crippen molar-refractivity contribution in [3.05, 3.63) is 47.3 Å². The van der Waals surface area contributed by atoms with Crippen LogP contribution in [0.15, 0.2) is 39.2 Å². The van der Waals surface area contributed by atoms with E-state index >= 15 is 0 Å². The summed E-state index contributed by atoms with van der Waals surface area (Å²) in [4.78, 5) is 0.